The van der Waals surface area contributed by atoms with Crippen molar-refractivity contribution in [2.75, 3.05) is 33.4 Å². The second-order valence-electron chi connectivity index (χ2n) is 3.05. The summed E-state index contributed by atoms with van der Waals surface area (Å²) in [7, 11) is 1.89. The van der Waals surface area contributed by atoms with Gasteiger partial charge in [0.05, 0.1) is 6.61 Å². The van der Waals surface area contributed by atoms with Crippen molar-refractivity contribution in [3.05, 3.63) is 0 Å². The van der Waals surface area contributed by atoms with E-state index in [-0.39, 0.29) is 18.6 Å². The van der Waals surface area contributed by atoms with Crippen molar-refractivity contribution in [2.24, 2.45) is 0 Å². The number of hydrogen-bond acceptors (Lipinski definition) is 3. The molecular formula is C8H16N2O2. The zero-order valence-electron chi connectivity index (χ0n) is 7.67. The molecule has 1 fully saturated rings. The van der Waals surface area contributed by atoms with Gasteiger partial charge in [-0.05, 0) is 14.0 Å². The van der Waals surface area contributed by atoms with Gasteiger partial charge in [-0.15, -0.1) is 0 Å². The minimum atomic E-state index is 0.101. The van der Waals surface area contributed by atoms with Gasteiger partial charge in [0.1, 0.15) is 6.61 Å². The number of nitrogens with zero attached hydrogens (tertiary/aromatic N) is 1. The third-order valence-corrected chi connectivity index (χ3v) is 2.05. The molecule has 0 radical (unpaired) electrons. The Kier molecular flexibility index (Phi) is 3.49. The van der Waals surface area contributed by atoms with Crippen molar-refractivity contribution in [3.63, 3.8) is 0 Å². The Labute approximate surface area is 72.9 Å². The van der Waals surface area contributed by atoms with E-state index in [1.807, 2.05) is 18.9 Å². The quantitative estimate of drug-likeness (QED) is 0.621. The SMILES string of the molecule is CNCC(C)N1CCOCC1=O. The van der Waals surface area contributed by atoms with Crippen LogP contribution in [0.5, 0.6) is 0 Å². The maximum atomic E-state index is 11.3. The van der Waals surface area contributed by atoms with Crippen molar-refractivity contribution in [1.29, 1.82) is 0 Å². The molecule has 0 aromatic carbocycles. The van der Waals surface area contributed by atoms with Gasteiger partial charge in [0, 0.05) is 19.1 Å². The second-order valence-corrected chi connectivity index (χ2v) is 3.05. The lowest BCUT2D eigenvalue weighted by molar-refractivity contribution is -0.145. The van der Waals surface area contributed by atoms with E-state index >= 15 is 0 Å². The molecular weight excluding hydrogens is 156 g/mol. The monoisotopic (exact) mass is 172 g/mol. The summed E-state index contributed by atoms with van der Waals surface area (Å²) in [4.78, 5) is 13.1. The summed E-state index contributed by atoms with van der Waals surface area (Å²) in [5, 5.41) is 3.05. The Hall–Kier alpha value is -0.610. The first-order chi connectivity index (χ1) is 5.75. The summed E-state index contributed by atoms with van der Waals surface area (Å²) in [6, 6.07) is 0.270. The number of likely N-dealkylation sites (N-methyl/N-ethyl adjacent to an activating group) is 1. The van der Waals surface area contributed by atoms with E-state index in [1.54, 1.807) is 0 Å². The van der Waals surface area contributed by atoms with Crippen LogP contribution < -0.4 is 5.32 Å². The van der Waals surface area contributed by atoms with Crippen LogP contribution in [0.2, 0.25) is 0 Å². The average molecular weight is 172 g/mol. The molecule has 0 saturated carbocycles. The molecule has 1 heterocycles. The number of carbonyl (C=O) groups is 1. The third kappa shape index (κ3) is 2.19. The number of carbonyl (C=O) groups excluding carboxylic acids is 1. The van der Waals surface area contributed by atoms with Crippen molar-refractivity contribution in [3.8, 4) is 0 Å². The maximum Gasteiger partial charge on any atom is 0.248 e. The van der Waals surface area contributed by atoms with E-state index in [0.29, 0.717) is 6.61 Å². The normalized spacial score (nSPS) is 21.2. The molecule has 1 N–H and O–H groups in total. The standard InChI is InChI=1S/C8H16N2O2/c1-7(5-9-2)10-3-4-12-6-8(10)11/h7,9H,3-6H2,1-2H3. The molecule has 0 bridgehead atoms. The molecule has 1 saturated heterocycles. The highest BCUT2D eigenvalue weighted by atomic mass is 16.5. The summed E-state index contributed by atoms with van der Waals surface area (Å²) in [5.74, 6) is 0.101. The maximum absolute atomic E-state index is 11.3. The topological polar surface area (TPSA) is 41.6 Å². The second kappa shape index (κ2) is 4.42. The van der Waals surface area contributed by atoms with E-state index in [2.05, 4.69) is 5.32 Å². The number of morpholine rings is 1. The molecule has 4 heteroatoms. The van der Waals surface area contributed by atoms with Crippen LogP contribution in [-0.2, 0) is 9.53 Å². The predicted octanol–water partition coefficient (Wildman–Crippen LogP) is -0.547. The molecule has 1 rings (SSSR count). The summed E-state index contributed by atoms with van der Waals surface area (Å²) < 4.78 is 5.03. The Bertz CT molecular complexity index is 161. The average Bonchev–Trinajstić information content (AvgIpc) is 2.05. The molecule has 4 nitrogen and oxygen atoms in total. The Morgan fingerprint density at radius 1 is 1.75 bits per heavy atom. The molecule has 1 aliphatic rings. The molecule has 1 unspecified atom stereocenters. The first-order valence-corrected chi connectivity index (χ1v) is 4.27. The van der Waals surface area contributed by atoms with Crippen molar-refractivity contribution in [1.82, 2.24) is 10.2 Å². The van der Waals surface area contributed by atoms with E-state index < -0.39 is 0 Å². The van der Waals surface area contributed by atoms with Crippen LogP contribution in [0.25, 0.3) is 0 Å². The van der Waals surface area contributed by atoms with Crippen molar-refractivity contribution >= 4 is 5.91 Å². The van der Waals surface area contributed by atoms with Crippen LogP contribution in [0.3, 0.4) is 0 Å². The van der Waals surface area contributed by atoms with Gasteiger partial charge in [-0.3, -0.25) is 4.79 Å². The van der Waals surface area contributed by atoms with E-state index in [9.17, 15) is 4.79 Å². The third-order valence-electron chi connectivity index (χ3n) is 2.05. The van der Waals surface area contributed by atoms with E-state index in [4.69, 9.17) is 4.74 Å². The van der Waals surface area contributed by atoms with Crippen LogP contribution in [0.4, 0.5) is 0 Å². The summed E-state index contributed by atoms with van der Waals surface area (Å²) >= 11 is 0. The van der Waals surface area contributed by atoms with Crippen LogP contribution in [0.1, 0.15) is 6.92 Å². The first kappa shape index (κ1) is 9.48. The summed E-state index contributed by atoms with van der Waals surface area (Å²) in [6.45, 7) is 4.51. The molecule has 1 aliphatic heterocycles. The van der Waals surface area contributed by atoms with Gasteiger partial charge >= 0.3 is 0 Å². The molecule has 70 valence electrons. The van der Waals surface area contributed by atoms with Crippen LogP contribution in [-0.4, -0.2) is 50.2 Å². The highest BCUT2D eigenvalue weighted by molar-refractivity contribution is 5.78. The van der Waals surface area contributed by atoms with Gasteiger partial charge in [-0.1, -0.05) is 0 Å². The zero-order chi connectivity index (χ0) is 8.97. The molecule has 0 aromatic rings. The van der Waals surface area contributed by atoms with E-state index in [1.165, 1.54) is 0 Å². The van der Waals surface area contributed by atoms with Gasteiger partial charge in [0.25, 0.3) is 0 Å². The Morgan fingerprint density at radius 2 is 2.50 bits per heavy atom. The fourth-order valence-corrected chi connectivity index (χ4v) is 1.40. The zero-order valence-corrected chi connectivity index (χ0v) is 7.67. The molecule has 0 aliphatic carbocycles. The largest absolute Gasteiger partial charge is 0.370 e. The number of ether oxygens (including phenoxy) is 1. The number of hydrogen-bond donors (Lipinski definition) is 1. The predicted molar refractivity (Wildman–Crippen MR) is 45.9 cm³/mol. The lowest BCUT2D eigenvalue weighted by atomic mass is 10.2. The first-order valence-electron chi connectivity index (χ1n) is 4.27. The molecule has 1 atom stereocenters. The summed E-state index contributed by atoms with van der Waals surface area (Å²) in [5.41, 5.74) is 0. The van der Waals surface area contributed by atoms with Crippen LogP contribution in [0, 0.1) is 0 Å². The number of amides is 1. The Balaban J connectivity index is 2.42. The van der Waals surface area contributed by atoms with Gasteiger partial charge in [-0.25, -0.2) is 0 Å². The molecule has 0 aromatic heterocycles. The lowest BCUT2D eigenvalue weighted by Gasteiger charge is -2.32. The van der Waals surface area contributed by atoms with E-state index in [0.717, 1.165) is 13.1 Å². The minimum absolute atomic E-state index is 0.101. The summed E-state index contributed by atoms with van der Waals surface area (Å²) in [6.07, 6.45) is 0. The van der Waals surface area contributed by atoms with Gasteiger partial charge < -0.3 is 15.0 Å². The minimum Gasteiger partial charge on any atom is -0.370 e. The highest BCUT2D eigenvalue weighted by Gasteiger charge is 2.22. The highest BCUT2D eigenvalue weighted by Crippen LogP contribution is 2.03. The smallest absolute Gasteiger partial charge is 0.248 e. The lowest BCUT2D eigenvalue weighted by Crippen LogP contribution is -2.49. The fourth-order valence-electron chi connectivity index (χ4n) is 1.40. The molecule has 1 amide bonds. The fraction of sp³-hybridized carbons (Fsp3) is 0.875. The van der Waals surface area contributed by atoms with Gasteiger partial charge in [0.2, 0.25) is 5.91 Å². The molecule has 0 spiro atoms. The van der Waals surface area contributed by atoms with Crippen LogP contribution in [0.15, 0.2) is 0 Å². The van der Waals surface area contributed by atoms with Crippen molar-refractivity contribution < 1.29 is 9.53 Å². The molecule has 12 heavy (non-hydrogen) atoms. The number of rotatable bonds is 3. The van der Waals surface area contributed by atoms with Crippen molar-refractivity contribution in [2.45, 2.75) is 13.0 Å². The number of nitrogens with one attached hydrogen (secondary N) is 1. The van der Waals surface area contributed by atoms with Crippen LogP contribution >= 0.6 is 0 Å². The Morgan fingerprint density at radius 3 is 3.08 bits per heavy atom. The van der Waals surface area contributed by atoms with Gasteiger partial charge in [-0.2, -0.15) is 0 Å². The van der Waals surface area contributed by atoms with Gasteiger partial charge in [0.15, 0.2) is 0 Å².